The van der Waals surface area contributed by atoms with E-state index in [0.717, 1.165) is 0 Å². The lowest BCUT2D eigenvalue weighted by atomic mass is 12.6. The highest BCUT2D eigenvalue weighted by atomic mass is 31.0. The molecule has 0 fully saturated rings. The zero-order valence-corrected chi connectivity index (χ0v) is 8.06. The Bertz CT molecular complexity index is 173. The van der Waals surface area contributed by atoms with Gasteiger partial charge in [0.2, 0.25) is 0 Å². The zero-order chi connectivity index (χ0) is 11.9. The SMILES string of the molecule is N=N/N=N/OOOOOOOOOOOP. The molecule has 0 aliphatic rings. The Morgan fingerprint density at radius 2 is 1.25 bits per heavy atom. The number of nitrogens with one attached hydrogen (secondary N) is 1. The molecular formula is H3N4O11P. The van der Waals surface area contributed by atoms with E-state index in [1.54, 1.807) is 9.47 Å². The molecule has 16 heavy (non-hydrogen) atoms. The molecule has 0 saturated carbocycles. The first-order valence-electron chi connectivity index (χ1n) is 2.71. The topological polar surface area (TPSA) is 162 Å². The lowest BCUT2D eigenvalue weighted by Gasteiger charge is -1.96. The van der Waals surface area contributed by atoms with E-state index in [1.807, 2.05) is 0 Å². The van der Waals surface area contributed by atoms with Crippen molar-refractivity contribution in [3.63, 3.8) is 0 Å². The molecule has 0 aromatic carbocycles. The Balaban J connectivity index is 2.93. The smallest absolute Gasteiger partial charge is 0.0906 e. The fourth-order valence-corrected chi connectivity index (χ4v) is 0.187. The highest BCUT2D eigenvalue weighted by Gasteiger charge is 1.96. The second-order valence-electron chi connectivity index (χ2n) is 1.05. The second kappa shape index (κ2) is 14.0. The van der Waals surface area contributed by atoms with E-state index in [9.17, 15) is 0 Å². The van der Waals surface area contributed by atoms with Crippen LogP contribution in [0.2, 0.25) is 0 Å². The van der Waals surface area contributed by atoms with Gasteiger partial charge in [-0.25, -0.2) is 0 Å². The molecule has 1 atom stereocenters. The molecule has 0 heterocycles. The summed E-state index contributed by atoms with van der Waals surface area (Å²) in [6.07, 6.45) is 0. The third-order valence-corrected chi connectivity index (χ3v) is 0.485. The maximum atomic E-state index is 6.09. The molecule has 0 aromatic heterocycles. The minimum Gasteiger partial charge on any atom is -0.189 e. The van der Waals surface area contributed by atoms with Crippen LogP contribution in [-0.2, 0) is 55.0 Å². The van der Waals surface area contributed by atoms with Crippen LogP contribution < -0.4 is 0 Å². The lowest BCUT2D eigenvalue weighted by molar-refractivity contribution is -0.852. The summed E-state index contributed by atoms with van der Waals surface area (Å²) in [5.41, 5.74) is 6.09. The van der Waals surface area contributed by atoms with Gasteiger partial charge in [0, 0.05) is 39.9 Å². The normalized spacial score (nSPS) is 10.8. The standard InChI is InChI=1S/H3N4O11P/c1-2-3-4-5-6-7-8-9-10-11-12-13-14-15-16/h1H,16H2/b2-1?,4-3+. The van der Waals surface area contributed by atoms with Crippen LogP contribution in [0.5, 0.6) is 0 Å². The molecule has 0 saturated heterocycles. The molecular weight excluding hydrogens is 263 g/mol. The summed E-state index contributed by atoms with van der Waals surface area (Å²) in [6.45, 7) is 0. The molecule has 0 spiro atoms. The van der Waals surface area contributed by atoms with Crippen LogP contribution in [-0.4, -0.2) is 0 Å². The third kappa shape index (κ3) is 13.0. The minimum atomic E-state index is 1.65. The molecule has 0 bridgehead atoms. The van der Waals surface area contributed by atoms with Crippen molar-refractivity contribution in [1.82, 2.24) is 0 Å². The van der Waals surface area contributed by atoms with Crippen LogP contribution in [0.4, 0.5) is 0 Å². The van der Waals surface area contributed by atoms with Crippen molar-refractivity contribution in [2.45, 2.75) is 0 Å². The van der Waals surface area contributed by atoms with Crippen molar-refractivity contribution < 1.29 is 55.0 Å². The maximum absolute atomic E-state index is 6.09. The van der Waals surface area contributed by atoms with E-state index in [2.05, 4.69) is 70.7 Å². The molecule has 0 aliphatic carbocycles. The van der Waals surface area contributed by atoms with Gasteiger partial charge in [0.25, 0.3) is 0 Å². The lowest BCUT2D eigenvalue weighted by Crippen LogP contribution is -2.01. The van der Waals surface area contributed by atoms with Gasteiger partial charge in [0.15, 0.2) is 0 Å². The van der Waals surface area contributed by atoms with E-state index in [4.69, 9.17) is 5.53 Å². The first kappa shape index (κ1) is 15.0. The van der Waals surface area contributed by atoms with Crippen LogP contribution in [0.1, 0.15) is 0 Å². The number of rotatable bonds is 12. The van der Waals surface area contributed by atoms with Gasteiger partial charge in [-0.3, -0.25) is 0 Å². The maximum Gasteiger partial charge on any atom is 0.0906 e. The van der Waals surface area contributed by atoms with Crippen LogP contribution in [0.25, 0.3) is 0 Å². The number of hydrogen-bond acceptors (Lipinski definition) is 13. The molecule has 1 N–H and O–H groups in total. The average Bonchev–Trinajstić information content (AvgIpc) is 2.31. The summed E-state index contributed by atoms with van der Waals surface area (Å²) in [4.78, 5) is 3.66. The minimum absolute atomic E-state index is 1.65. The Morgan fingerprint density at radius 3 is 1.75 bits per heavy atom. The van der Waals surface area contributed by atoms with Gasteiger partial charge in [0.05, 0.1) is 5.28 Å². The summed E-state index contributed by atoms with van der Waals surface area (Å²) in [5, 5.41) is 39.6. The summed E-state index contributed by atoms with van der Waals surface area (Å²) < 4.78 is 3.79. The number of nitrogens with zero attached hydrogens (tertiary/aromatic N) is 3. The van der Waals surface area contributed by atoms with Crippen molar-refractivity contribution in [2.24, 2.45) is 15.7 Å². The quantitative estimate of drug-likeness (QED) is 0.171. The van der Waals surface area contributed by atoms with Crippen LogP contribution in [0.15, 0.2) is 15.7 Å². The highest BCUT2D eigenvalue weighted by Crippen LogP contribution is 1.93. The van der Waals surface area contributed by atoms with E-state index in [1.165, 1.54) is 0 Å². The predicted molar refractivity (Wildman–Crippen MR) is 31.6 cm³/mol. The van der Waals surface area contributed by atoms with Gasteiger partial charge in [-0.05, 0) is 25.4 Å². The first-order chi connectivity index (χ1) is 7.91. The summed E-state index contributed by atoms with van der Waals surface area (Å²) >= 11 is 0. The number of hydrogen-bond donors (Lipinski definition) is 1. The Morgan fingerprint density at radius 1 is 0.750 bits per heavy atom. The van der Waals surface area contributed by atoms with Crippen LogP contribution >= 0.6 is 9.47 Å². The van der Waals surface area contributed by atoms with Crippen molar-refractivity contribution in [1.29, 1.82) is 5.53 Å². The zero-order valence-electron chi connectivity index (χ0n) is 6.91. The summed E-state index contributed by atoms with van der Waals surface area (Å²) in [5.74, 6) is 0. The van der Waals surface area contributed by atoms with Crippen molar-refractivity contribution in [3.05, 3.63) is 0 Å². The van der Waals surface area contributed by atoms with E-state index in [-0.39, 0.29) is 0 Å². The third-order valence-electron chi connectivity index (χ3n) is 0.407. The Hall–Kier alpha value is -0.970. The van der Waals surface area contributed by atoms with Gasteiger partial charge >= 0.3 is 0 Å². The van der Waals surface area contributed by atoms with Crippen LogP contribution in [0.3, 0.4) is 0 Å². The largest absolute Gasteiger partial charge is 0.189 e. The fourth-order valence-electron chi connectivity index (χ4n) is 0.155. The van der Waals surface area contributed by atoms with E-state index < -0.39 is 0 Å². The molecule has 94 valence electrons. The Kier molecular flexibility index (Phi) is 13.2. The van der Waals surface area contributed by atoms with Gasteiger partial charge in [0.1, 0.15) is 0 Å². The van der Waals surface area contributed by atoms with Gasteiger partial charge in [-0.2, -0.15) is 15.2 Å². The summed E-state index contributed by atoms with van der Waals surface area (Å²) in [7, 11) is 1.65. The molecule has 0 aromatic rings. The first-order valence-corrected chi connectivity index (χ1v) is 3.18. The highest BCUT2D eigenvalue weighted by molar-refractivity contribution is 7.09. The van der Waals surface area contributed by atoms with E-state index in [0.29, 0.717) is 0 Å². The van der Waals surface area contributed by atoms with Crippen molar-refractivity contribution >= 4 is 9.47 Å². The molecule has 0 amide bonds. The van der Waals surface area contributed by atoms with Crippen molar-refractivity contribution in [3.8, 4) is 0 Å². The van der Waals surface area contributed by atoms with Gasteiger partial charge < -0.3 is 0 Å². The molecule has 0 aliphatic heterocycles. The van der Waals surface area contributed by atoms with Crippen LogP contribution in [0, 0.1) is 5.53 Å². The van der Waals surface area contributed by atoms with Gasteiger partial charge in [-0.1, -0.05) is 0 Å². The molecule has 0 rings (SSSR count). The van der Waals surface area contributed by atoms with Crippen molar-refractivity contribution in [2.75, 3.05) is 0 Å². The second-order valence-corrected chi connectivity index (χ2v) is 1.25. The van der Waals surface area contributed by atoms with E-state index >= 15 is 0 Å². The monoisotopic (exact) mass is 266 g/mol. The molecule has 1 unspecified atom stereocenters. The molecule has 0 radical (unpaired) electrons. The molecule has 15 nitrogen and oxygen atoms in total. The Labute approximate surface area is 86.9 Å². The fraction of sp³-hybridized carbons (Fsp3) is 0. The summed E-state index contributed by atoms with van der Waals surface area (Å²) in [6, 6.07) is 0. The average molecular weight is 266 g/mol. The molecule has 16 heteroatoms. The predicted octanol–water partition coefficient (Wildman–Crippen LogP) is 0.422. The van der Waals surface area contributed by atoms with Gasteiger partial charge in [-0.15, -0.1) is 0 Å².